The van der Waals surface area contributed by atoms with Crippen LogP contribution in [0.5, 0.6) is 0 Å². The smallest absolute Gasteiger partial charge is 0.373 e. The summed E-state index contributed by atoms with van der Waals surface area (Å²) in [6.07, 6.45) is -4.65. The molecule has 0 saturated heterocycles. The molecular formula is C30H26F4N5O2S-. The number of benzene rings is 3. The van der Waals surface area contributed by atoms with Gasteiger partial charge in [-0.05, 0) is 60.2 Å². The lowest BCUT2D eigenvalue weighted by Gasteiger charge is -2.42. The van der Waals surface area contributed by atoms with Crippen molar-refractivity contribution >= 4 is 33.8 Å². The van der Waals surface area contributed by atoms with Crippen molar-refractivity contribution in [2.75, 3.05) is 18.0 Å². The quantitative estimate of drug-likeness (QED) is 0.188. The topological polar surface area (TPSA) is 93.6 Å². The summed E-state index contributed by atoms with van der Waals surface area (Å²) in [5.74, 6) is 1.95. The van der Waals surface area contributed by atoms with Gasteiger partial charge in [-0.1, -0.05) is 36.4 Å². The fourth-order valence-corrected chi connectivity index (χ4v) is 6.53. The molecule has 218 valence electrons. The molecule has 12 heteroatoms. The number of anilines is 1. The van der Waals surface area contributed by atoms with E-state index in [0.717, 1.165) is 18.2 Å². The average molecular weight is 597 g/mol. The van der Waals surface area contributed by atoms with E-state index in [4.69, 9.17) is 10.8 Å². The summed E-state index contributed by atoms with van der Waals surface area (Å²) in [5, 5.41) is 3.70. The Morgan fingerprint density at radius 3 is 2.40 bits per heavy atom. The van der Waals surface area contributed by atoms with Gasteiger partial charge in [-0.2, -0.15) is 18.3 Å². The molecule has 0 radical (unpaired) electrons. The summed E-state index contributed by atoms with van der Waals surface area (Å²) >= 11 is 0. The Morgan fingerprint density at radius 1 is 1.07 bits per heavy atom. The van der Waals surface area contributed by atoms with Crippen LogP contribution in [0.15, 0.2) is 83.2 Å². The van der Waals surface area contributed by atoms with Gasteiger partial charge in [0.2, 0.25) is 5.91 Å². The number of aromatic nitrogens is 2. The van der Waals surface area contributed by atoms with E-state index in [9.17, 15) is 27.2 Å². The predicted octanol–water partition coefficient (Wildman–Crippen LogP) is 5.22. The molecule has 0 spiro atoms. The molecular weight excluding hydrogens is 570 g/mol. The van der Waals surface area contributed by atoms with Gasteiger partial charge in [0, 0.05) is 30.1 Å². The molecule has 42 heavy (non-hydrogen) atoms. The Kier molecular flexibility index (Phi) is 8.02. The van der Waals surface area contributed by atoms with E-state index in [0.29, 0.717) is 28.3 Å². The van der Waals surface area contributed by atoms with Crippen LogP contribution in [0.3, 0.4) is 0 Å². The van der Waals surface area contributed by atoms with Gasteiger partial charge in [0.25, 0.3) is 5.91 Å². The highest BCUT2D eigenvalue weighted by molar-refractivity contribution is 7.86. The normalized spacial score (nSPS) is 17.8. The van der Waals surface area contributed by atoms with Gasteiger partial charge >= 0.3 is 6.18 Å². The summed E-state index contributed by atoms with van der Waals surface area (Å²) in [6.45, 7) is 2.02. The zero-order chi connectivity index (χ0) is 30.2. The molecule has 1 aliphatic rings. The van der Waals surface area contributed by atoms with Gasteiger partial charge in [-0.3, -0.25) is 14.5 Å². The van der Waals surface area contributed by atoms with Crippen LogP contribution in [-0.2, 0) is 21.3 Å². The lowest BCUT2D eigenvalue weighted by molar-refractivity contribution is -0.137. The number of nitrogens with zero attached hydrogens (tertiary/aromatic N) is 4. The Bertz CT molecular complexity index is 1730. The number of rotatable bonds is 6. The van der Waals surface area contributed by atoms with E-state index < -0.39 is 50.8 Å². The maximum atomic E-state index is 14.3. The van der Waals surface area contributed by atoms with Gasteiger partial charge in [-0.15, -0.1) is 0 Å². The third-order valence-corrected chi connectivity index (χ3v) is 8.43. The Morgan fingerprint density at radius 2 is 1.76 bits per heavy atom. The van der Waals surface area contributed by atoms with Gasteiger partial charge in [-0.25, -0.2) is 14.9 Å². The monoisotopic (exact) mass is 596 g/mol. The van der Waals surface area contributed by atoms with Crippen molar-refractivity contribution in [3.05, 3.63) is 113 Å². The fraction of sp³-hybridized carbons (Fsp3) is 0.200. The molecule has 0 aliphatic carbocycles. The minimum absolute atomic E-state index is 0.114. The number of nitrogens with two attached hydrogens (primary N) is 1. The summed E-state index contributed by atoms with van der Waals surface area (Å²) in [7, 11) is -1.57. The Labute approximate surface area is 241 Å². The lowest BCUT2D eigenvalue weighted by Crippen LogP contribution is -2.50. The van der Waals surface area contributed by atoms with Gasteiger partial charge in [0.15, 0.2) is 0 Å². The van der Waals surface area contributed by atoms with Gasteiger partial charge in [0.05, 0.1) is 16.9 Å². The largest absolute Gasteiger partial charge is 0.416 e. The molecule has 1 aliphatic heterocycles. The third kappa shape index (κ3) is 5.47. The molecule has 5 rings (SSSR count). The Balaban J connectivity index is 1.69. The molecule has 7 nitrogen and oxygen atoms in total. The van der Waals surface area contributed by atoms with Crippen molar-refractivity contribution in [3.8, 4) is 5.69 Å². The maximum Gasteiger partial charge on any atom is 0.416 e. The first-order chi connectivity index (χ1) is 20.0. The molecule has 2 unspecified atom stereocenters. The van der Waals surface area contributed by atoms with E-state index in [-0.39, 0.29) is 18.7 Å². The van der Waals surface area contributed by atoms with E-state index in [2.05, 4.69) is 10.2 Å². The van der Waals surface area contributed by atoms with Crippen LogP contribution in [-0.4, -0.2) is 45.8 Å². The number of aryl methyl sites for hydroxylation is 1. The SMILES string of the molecule is C=[S-](=NC(=O)c1cccc(C(F)(F)F)c1)C1C(=O)N(CCN)c2c(c(C)nn2-c2ccccc2)C1c1ccc(F)cc1. The number of carbonyl (C=O) groups excluding carboxylic acids is 2. The van der Waals surface area contributed by atoms with Crippen molar-refractivity contribution in [1.82, 2.24) is 9.78 Å². The number of para-hydroxylation sites is 1. The van der Waals surface area contributed by atoms with Crippen LogP contribution >= 0.6 is 0 Å². The van der Waals surface area contributed by atoms with E-state index in [1.807, 2.05) is 30.3 Å². The van der Waals surface area contributed by atoms with Crippen LogP contribution in [0.4, 0.5) is 23.4 Å². The standard InChI is InChI=1S/C30H26F4N5O2S/c1-18-24-25(19-11-13-22(31)14-12-19)26(42(2)37-27(40)20-7-6-8-21(17-20)30(32,33)34)29(41)38(16-15-35)28(24)39(36-18)23-9-4-3-5-10-23/h3-14,17,25-26H,2,15-16,35H2,1H3/q-1. The second kappa shape index (κ2) is 11.5. The molecule has 2 amide bonds. The second-order valence-corrected chi connectivity index (χ2v) is 11.2. The molecule has 2 atom stereocenters. The van der Waals surface area contributed by atoms with Crippen LogP contribution in [0, 0.1) is 12.7 Å². The average Bonchev–Trinajstić information content (AvgIpc) is 3.31. The first-order valence-electron chi connectivity index (χ1n) is 12.9. The second-order valence-electron chi connectivity index (χ2n) is 9.67. The minimum atomic E-state index is -4.65. The van der Waals surface area contributed by atoms with Crippen molar-refractivity contribution < 1.29 is 27.2 Å². The van der Waals surface area contributed by atoms with E-state index >= 15 is 0 Å². The fourth-order valence-electron chi connectivity index (χ4n) is 5.13. The van der Waals surface area contributed by atoms with E-state index in [1.54, 1.807) is 23.7 Å². The first kappa shape index (κ1) is 29.2. The predicted molar refractivity (Wildman–Crippen MR) is 154 cm³/mol. The van der Waals surface area contributed by atoms with Crippen LogP contribution < -0.4 is 10.6 Å². The molecule has 3 aromatic carbocycles. The van der Waals surface area contributed by atoms with Crippen molar-refractivity contribution in [2.45, 2.75) is 24.3 Å². The minimum Gasteiger partial charge on any atom is -0.373 e. The number of halogens is 4. The van der Waals surface area contributed by atoms with Crippen molar-refractivity contribution in [1.29, 1.82) is 0 Å². The van der Waals surface area contributed by atoms with Crippen LogP contribution in [0.25, 0.3) is 5.69 Å². The lowest BCUT2D eigenvalue weighted by atomic mass is 9.84. The van der Waals surface area contributed by atoms with Gasteiger partial charge in [0.1, 0.15) is 11.6 Å². The molecule has 4 aromatic rings. The zero-order valence-corrected chi connectivity index (χ0v) is 23.2. The molecule has 0 bridgehead atoms. The number of hydrogen-bond acceptors (Lipinski definition) is 5. The Hall–Kier alpha value is -4.29. The molecule has 0 saturated carbocycles. The van der Waals surface area contributed by atoms with Gasteiger partial charge < -0.3 is 20.4 Å². The zero-order valence-electron chi connectivity index (χ0n) is 22.4. The van der Waals surface area contributed by atoms with Crippen LogP contribution in [0.1, 0.15) is 38.7 Å². The van der Waals surface area contributed by atoms with Crippen molar-refractivity contribution in [2.24, 2.45) is 10.1 Å². The summed E-state index contributed by atoms with van der Waals surface area (Å²) in [6, 6.07) is 18.8. The maximum absolute atomic E-state index is 14.3. The van der Waals surface area contributed by atoms with E-state index in [1.165, 1.54) is 23.1 Å². The third-order valence-electron chi connectivity index (χ3n) is 6.97. The van der Waals surface area contributed by atoms with Crippen LogP contribution in [0.2, 0.25) is 0 Å². The number of amides is 2. The number of hydrogen-bond donors (Lipinski definition) is 1. The first-order valence-corrected chi connectivity index (χ1v) is 14.3. The summed E-state index contributed by atoms with van der Waals surface area (Å²) in [4.78, 5) is 28.9. The number of alkyl halides is 3. The summed E-state index contributed by atoms with van der Waals surface area (Å²) in [5.41, 5.74) is 7.16. The highest BCUT2D eigenvalue weighted by atomic mass is 32.2. The molecule has 2 heterocycles. The highest BCUT2D eigenvalue weighted by Gasteiger charge is 2.41. The van der Waals surface area contributed by atoms with Crippen molar-refractivity contribution in [3.63, 3.8) is 0 Å². The highest BCUT2D eigenvalue weighted by Crippen LogP contribution is 2.44. The number of fused-ring (bicyclic) bond motifs is 1. The molecule has 0 fully saturated rings. The molecule has 1 aromatic heterocycles. The number of carbonyl (C=O) groups is 2. The summed E-state index contributed by atoms with van der Waals surface area (Å²) < 4.78 is 59.6. The molecule has 2 N–H and O–H groups in total.